The van der Waals surface area contributed by atoms with Crippen molar-refractivity contribution in [2.45, 2.75) is 12.8 Å². The minimum absolute atomic E-state index is 0.128. The smallest absolute Gasteiger partial charge is 0.229 e. The number of carbonyl (C=O) groups is 1. The van der Waals surface area contributed by atoms with Crippen LogP contribution in [0.3, 0.4) is 0 Å². The summed E-state index contributed by atoms with van der Waals surface area (Å²) >= 11 is 5.94. The van der Waals surface area contributed by atoms with Crippen molar-refractivity contribution in [3.63, 3.8) is 0 Å². The third kappa shape index (κ3) is 4.96. The van der Waals surface area contributed by atoms with Gasteiger partial charge >= 0.3 is 0 Å². The van der Waals surface area contributed by atoms with Crippen LogP contribution in [-0.2, 0) is 4.79 Å². The molecule has 26 heavy (non-hydrogen) atoms. The van der Waals surface area contributed by atoms with Crippen molar-refractivity contribution >= 4 is 23.6 Å². The Morgan fingerprint density at radius 3 is 2.35 bits per heavy atom. The summed E-state index contributed by atoms with van der Waals surface area (Å²) in [6.45, 7) is 6.30. The van der Waals surface area contributed by atoms with Crippen molar-refractivity contribution in [3.8, 4) is 0 Å². The zero-order valence-corrected chi connectivity index (χ0v) is 15.9. The minimum Gasteiger partial charge on any atom is -0.340 e. The molecule has 2 aromatic rings. The molecule has 1 unspecified atom stereocenters. The van der Waals surface area contributed by atoms with Crippen LogP contribution in [0.1, 0.15) is 24.0 Å². The Bertz CT molecular complexity index is 734. The molecule has 0 bridgehead atoms. The van der Waals surface area contributed by atoms with E-state index in [2.05, 4.69) is 29.2 Å². The van der Waals surface area contributed by atoms with Gasteiger partial charge in [-0.3, -0.25) is 9.69 Å². The molecule has 3 nitrogen and oxygen atoms in total. The van der Waals surface area contributed by atoms with Crippen LogP contribution in [0.2, 0.25) is 5.02 Å². The van der Waals surface area contributed by atoms with Crippen molar-refractivity contribution in [1.82, 2.24) is 9.80 Å². The lowest BCUT2D eigenvalue weighted by Crippen LogP contribution is -2.49. The molecule has 0 radical (unpaired) electrons. The van der Waals surface area contributed by atoms with Gasteiger partial charge in [-0.15, -0.1) is 0 Å². The quantitative estimate of drug-likeness (QED) is 0.785. The van der Waals surface area contributed by atoms with Crippen LogP contribution in [0.15, 0.2) is 60.7 Å². The van der Waals surface area contributed by atoms with Gasteiger partial charge in [0, 0.05) is 37.7 Å². The monoisotopic (exact) mass is 368 g/mol. The molecule has 1 atom stereocenters. The van der Waals surface area contributed by atoms with Crippen LogP contribution < -0.4 is 0 Å². The zero-order chi connectivity index (χ0) is 18.4. The maximum absolute atomic E-state index is 12.7. The number of halogens is 1. The van der Waals surface area contributed by atoms with Crippen LogP contribution in [0, 0.1) is 0 Å². The molecule has 0 spiro atoms. The number of hydrogen-bond donors (Lipinski definition) is 0. The standard InChI is InChI=1S/C22H25ClN2O/c1-18(20-9-11-21(23)12-10-20)22(26)25-16-14-24(15-17-25)13-5-8-19-6-3-2-4-7-19/h2-12,18H,13-17H2,1H3/b8-5+. The fourth-order valence-corrected chi connectivity index (χ4v) is 3.35. The Morgan fingerprint density at radius 2 is 1.69 bits per heavy atom. The third-order valence-electron chi connectivity index (χ3n) is 4.90. The van der Waals surface area contributed by atoms with Gasteiger partial charge in [0.25, 0.3) is 0 Å². The third-order valence-corrected chi connectivity index (χ3v) is 5.15. The second-order valence-corrected chi connectivity index (χ2v) is 7.15. The molecule has 1 saturated heterocycles. The SMILES string of the molecule is CC(C(=O)N1CCN(C/C=C/c2ccccc2)CC1)c1ccc(Cl)cc1. The van der Waals surface area contributed by atoms with Gasteiger partial charge in [0.2, 0.25) is 5.91 Å². The minimum atomic E-state index is -0.128. The number of nitrogens with zero attached hydrogens (tertiary/aromatic N) is 2. The molecule has 3 rings (SSSR count). The molecule has 4 heteroatoms. The fourth-order valence-electron chi connectivity index (χ4n) is 3.22. The van der Waals surface area contributed by atoms with E-state index in [9.17, 15) is 4.79 Å². The van der Waals surface area contributed by atoms with Crippen LogP contribution in [0.5, 0.6) is 0 Å². The lowest BCUT2D eigenvalue weighted by atomic mass is 9.99. The second kappa shape index (κ2) is 9.02. The van der Waals surface area contributed by atoms with Crippen LogP contribution >= 0.6 is 11.6 Å². The molecule has 2 aromatic carbocycles. The zero-order valence-electron chi connectivity index (χ0n) is 15.1. The predicted molar refractivity (Wildman–Crippen MR) is 108 cm³/mol. The number of piperazine rings is 1. The van der Waals surface area contributed by atoms with Gasteiger partial charge in [0.05, 0.1) is 5.92 Å². The second-order valence-electron chi connectivity index (χ2n) is 6.71. The van der Waals surface area contributed by atoms with Crippen LogP contribution in [-0.4, -0.2) is 48.4 Å². The lowest BCUT2D eigenvalue weighted by molar-refractivity contribution is -0.134. The van der Waals surface area contributed by atoms with E-state index in [1.54, 1.807) is 0 Å². The molecule has 0 aliphatic carbocycles. The van der Waals surface area contributed by atoms with Crippen molar-refractivity contribution in [1.29, 1.82) is 0 Å². The van der Waals surface area contributed by atoms with Gasteiger partial charge in [-0.25, -0.2) is 0 Å². The summed E-state index contributed by atoms with van der Waals surface area (Å²) in [5.74, 6) is 0.0728. The highest BCUT2D eigenvalue weighted by molar-refractivity contribution is 6.30. The van der Waals surface area contributed by atoms with Gasteiger partial charge < -0.3 is 4.90 Å². The van der Waals surface area contributed by atoms with Crippen LogP contribution in [0.25, 0.3) is 6.08 Å². The molecule has 1 aliphatic heterocycles. The van der Waals surface area contributed by atoms with E-state index in [-0.39, 0.29) is 11.8 Å². The van der Waals surface area contributed by atoms with Gasteiger partial charge in [0.1, 0.15) is 0 Å². The molecular weight excluding hydrogens is 344 g/mol. The molecule has 0 saturated carbocycles. The van der Waals surface area contributed by atoms with E-state index in [0.29, 0.717) is 5.02 Å². The Labute approximate surface area is 160 Å². The summed E-state index contributed by atoms with van der Waals surface area (Å²) in [4.78, 5) is 17.1. The molecule has 0 N–H and O–H groups in total. The number of amides is 1. The number of carbonyl (C=O) groups excluding carboxylic acids is 1. The normalized spacial score (nSPS) is 16.8. The number of rotatable bonds is 5. The van der Waals surface area contributed by atoms with E-state index in [0.717, 1.165) is 38.3 Å². The summed E-state index contributed by atoms with van der Waals surface area (Å²) in [6, 6.07) is 17.9. The summed E-state index contributed by atoms with van der Waals surface area (Å²) in [5.41, 5.74) is 2.24. The molecule has 1 amide bonds. The predicted octanol–water partition coefficient (Wildman–Crippen LogP) is 4.30. The molecule has 136 valence electrons. The highest BCUT2D eigenvalue weighted by Crippen LogP contribution is 2.21. The average Bonchev–Trinajstić information content (AvgIpc) is 2.69. The number of hydrogen-bond acceptors (Lipinski definition) is 2. The van der Waals surface area contributed by atoms with E-state index >= 15 is 0 Å². The van der Waals surface area contributed by atoms with E-state index in [4.69, 9.17) is 11.6 Å². The van der Waals surface area contributed by atoms with Crippen molar-refractivity contribution in [3.05, 3.63) is 76.8 Å². The summed E-state index contributed by atoms with van der Waals surface area (Å²) < 4.78 is 0. The first-order valence-corrected chi connectivity index (χ1v) is 9.49. The van der Waals surface area contributed by atoms with E-state index < -0.39 is 0 Å². The highest BCUT2D eigenvalue weighted by Gasteiger charge is 2.25. The van der Waals surface area contributed by atoms with Gasteiger partial charge in [-0.2, -0.15) is 0 Å². The fraction of sp³-hybridized carbons (Fsp3) is 0.318. The highest BCUT2D eigenvalue weighted by atomic mass is 35.5. The first-order valence-electron chi connectivity index (χ1n) is 9.11. The summed E-state index contributed by atoms with van der Waals surface area (Å²) in [7, 11) is 0. The summed E-state index contributed by atoms with van der Waals surface area (Å²) in [6.07, 6.45) is 4.35. The molecule has 1 heterocycles. The first kappa shape index (κ1) is 18.7. The Kier molecular flexibility index (Phi) is 6.48. The topological polar surface area (TPSA) is 23.6 Å². The van der Waals surface area contributed by atoms with Crippen LogP contribution in [0.4, 0.5) is 0 Å². The largest absolute Gasteiger partial charge is 0.340 e. The van der Waals surface area contributed by atoms with Gasteiger partial charge in [-0.05, 0) is 30.2 Å². The molecule has 1 fully saturated rings. The molecular formula is C22H25ClN2O. The lowest BCUT2D eigenvalue weighted by Gasteiger charge is -2.35. The van der Waals surface area contributed by atoms with Gasteiger partial charge in [0.15, 0.2) is 0 Å². The van der Waals surface area contributed by atoms with E-state index in [1.165, 1.54) is 5.56 Å². The van der Waals surface area contributed by atoms with Crippen molar-refractivity contribution < 1.29 is 4.79 Å². The maximum Gasteiger partial charge on any atom is 0.229 e. The summed E-state index contributed by atoms with van der Waals surface area (Å²) in [5, 5.41) is 0.700. The maximum atomic E-state index is 12.7. The molecule has 1 aliphatic rings. The van der Waals surface area contributed by atoms with E-state index in [1.807, 2.05) is 54.3 Å². The first-order chi connectivity index (χ1) is 12.6. The van der Waals surface area contributed by atoms with Gasteiger partial charge in [-0.1, -0.05) is 66.2 Å². The van der Waals surface area contributed by atoms with Crippen molar-refractivity contribution in [2.24, 2.45) is 0 Å². The Balaban J connectivity index is 1.47. The number of benzene rings is 2. The average molecular weight is 369 g/mol. The Hall–Kier alpha value is -2.10. The Morgan fingerprint density at radius 1 is 1.04 bits per heavy atom. The van der Waals surface area contributed by atoms with Crippen molar-refractivity contribution in [2.75, 3.05) is 32.7 Å². The molecule has 0 aromatic heterocycles.